The Morgan fingerprint density at radius 1 is 1.00 bits per heavy atom. The number of nitrogens with one attached hydrogen (secondary N) is 2. The average molecular weight is 376 g/mol. The van der Waals surface area contributed by atoms with Crippen LogP contribution in [0.3, 0.4) is 0 Å². The lowest BCUT2D eigenvalue weighted by atomic mass is 10.3. The molecule has 2 amide bonds. The van der Waals surface area contributed by atoms with Crippen LogP contribution in [0.4, 0.5) is 11.4 Å². The van der Waals surface area contributed by atoms with Gasteiger partial charge in [0.2, 0.25) is 0 Å². The molecule has 0 heterocycles. The van der Waals surface area contributed by atoms with Gasteiger partial charge in [-0.3, -0.25) is 9.59 Å². The highest BCUT2D eigenvalue weighted by atomic mass is 79.9. The number of carbonyl (C=O) groups excluding carboxylic acids is 2. The van der Waals surface area contributed by atoms with Gasteiger partial charge in [-0.15, -0.1) is 0 Å². The lowest BCUT2D eigenvalue weighted by molar-refractivity contribution is -0.133. The second-order valence-corrected chi connectivity index (χ2v) is 5.82. The van der Waals surface area contributed by atoms with Crippen molar-refractivity contribution in [3.8, 4) is 5.40 Å². The van der Waals surface area contributed by atoms with Crippen LogP contribution in [-0.2, 0) is 9.59 Å². The van der Waals surface area contributed by atoms with Crippen LogP contribution >= 0.6 is 27.7 Å². The molecule has 0 atom stereocenters. The molecule has 0 radical (unpaired) electrons. The topological polar surface area (TPSA) is 82.0 Å². The Morgan fingerprint density at radius 2 is 1.64 bits per heavy atom. The van der Waals surface area contributed by atoms with E-state index in [1.165, 1.54) is 0 Å². The number of thioether (sulfide) groups is 1. The van der Waals surface area contributed by atoms with E-state index in [1.54, 1.807) is 48.5 Å². The first kappa shape index (κ1) is 16.1. The fourth-order valence-corrected chi connectivity index (χ4v) is 2.35. The van der Waals surface area contributed by atoms with E-state index in [0.29, 0.717) is 15.8 Å². The zero-order valence-electron chi connectivity index (χ0n) is 11.2. The maximum Gasteiger partial charge on any atom is 0.314 e. The highest BCUT2D eigenvalue weighted by Crippen LogP contribution is 2.21. The molecule has 2 aromatic carbocycles. The molecular weight excluding hydrogens is 366 g/mol. The number of anilines is 2. The molecule has 0 aliphatic heterocycles. The number of amides is 2. The molecular formula is C15H10BrN3O2S. The predicted molar refractivity (Wildman–Crippen MR) is 89.3 cm³/mol. The molecule has 7 heteroatoms. The predicted octanol–water partition coefficient (Wildman–Crippen LogP) is 3.60. The average Bonchev–Trinajstić information content (AvgIpc) is 2.51. The van der Waals surface area contributed by atoms with Gasteiger partial charge in [-0.2, -0.15) is 5.26 Å². The summed E-state index contributed by atoms with van der Waals surface area (Å²) in [5, 5.41) is 15.5. The normalized spacial score (nSPS) is 9.64. The minimum Gasteiger partial charge on any atom is -0.318 e. The number of benzene rings is 2. The van der Waals surface area contributed by atoms with Gasteiger partial charge in [0, 0.05) is 15.1 Å². The van der Waals surface area contributed by atoms with Crippen LogP contribution in [0.25, 0.3) is 0 Å². The molecule has 0 spiro atoms. The summed E-state index contributed by atoms with van der Waals surface area (Å²) >= 11 is 4.31. The van der Waals surface area contributed by atoms with E-state index in [1.807, 2.05) is 5.40 Å². The molecule has 2 aromatic rings. The molecule has 0 fully saturated rings. The lowest BCUT2D eigenvalue weighted by Gasteiger charge is -2.08. The van der Waals surface area contributed by atoms with Crippen molar-refractivity contribution in [1.82, 2.24) is 0 Å². The molecule has 5 nitrogen and oxygen atoms in total. The van der Waals surface area contributed by atoms with E-state index < -0.39 is 11.8 Å². The molecule has 2 rings (SSSR count). The Hall–Kier alpha value is -2.30. The van der Waals surface area contributed by atoms with Gasteiger partial charge in [0.25, 0.3) is 0 Å². The number of nitriles is 1. The van der Waals surface area contributed by atoms with Crippen molar-refractivity contribution in [2.45, 2.75) is 4.90 Å². The van der Waals surface area contributed by atoms with E-state index in [4.69, 9.17) is 5.26 Å². The van der Waals surface area contributed by atoms with Gasteiger partial charge >= 0.3 is 11.8 Å². The van der Waals surface area contributed by atoms with E-state index in [0.717, 1.165) is 16.7 Å². The van der Waals surface area contributed by atoms with E-state index in [9.17, 15) is 9.59 Å². The third-order valence-corrected chi connectivity index (χ3v) is 3.89. The number of para-hydroxylation sites is 1. The molecule has 0 aliphatic carbocycles. The fraction of sp³-hybridized carbons (Fsp3) is 0. The number of nitrogens with zero attached hydrogens (tertiary/aromatic N) is 1. The summed E-state index contributed by atoms with van der Waals surface area (Å²) in [5.74, 6) is -1.53. The van der Waals surface area contributed by atoms with Crippen molar-refractivity contribution < 1.29 is 9.59 Å². The molecule has 0 saturated carbocycles. The summed E-state index contributed by atoms with van der Waals surface area (Å²) < 4.78 is 0.689. The van der Waals surface area contributed by atoms with Crippen LogP contribution in [0.5, 0.6) is 0 Å². The highest BCUT2D eigenvalue weighted by molar-refractivity contribution is 9.10. The van der Waals surface area contributed by atoms with Crippen LogP contribution in [0.2, 0.25) is 0 Å². The number of rotatable bonds is 3. The van der Waals surface area contributed by atoms with Crippen molar-refractivity contribution in [2.24, 2.45) is 0 Å². The number of thiocyanates is 1. The summed E-state index contributed by atoms with van der Waals surface area (Å²) in [6.07, 6.45) is 0. The van der Waals surface area contributed by atoms with Gasteiger partial charge in [0.15, 0.2) is 0 Å². The molecule has 0 unspecified atom stereocenters. The van der Waals surface area contributed by atoms with Crippen LogP contribution in [0.1, 0.15) is 0 Å². The molecule has 110 valence electrons. The maximum absolute atomic E-state index is 11.8. The quantitative estimate of drug-likeness (QED) is 0.487. The van der Waals surface area contributed by atoms with Crippen molar-refractivity contribution in [3.63, 3.8) is 0 Å². The Kier molecular flexibility index (Phi) is 5.58. The van der Waals surface area contributed by atoms with Gasteiger partial charge in [0.1, 0.15) is 5.40 Å². The lowest BCUT2D eigenvalue weighted by Crippen LogP contribution is -2.29. The van der Waals surface area contributed by atoms with Crippen molar-refractivity contribution in [2.75, 3.05) is 10.6 Å². The van der Waals surface area contributed by atoms with Gasteiger partial charge < -0.3 is 10.6 Å². The third kappa shape index (κ3) is 4.35. The minimum absolute atomic E-state index is 0.481. The van der Waals surface area contributed by atoms with Gasteiger partial charge in [-0.25, -0.2) is 0 Å². The molecule has 22 heavy (non-hydrogen) atoms. The summed E-state index contributed by atoms with van der Waals surface area (Å²) in [7, 11) is 0. The fourth-order valence-electron chi connectivity index (χ4n) is 1.59. The Bertz CT molecular complexity index is 741. The third-order valence-electron chi connectivity index (χ3n) is 2.60. The minimum atomic E-state index is -0.767. The van der Waals surface area contributed by atoms with E-state index >= 15 is 0 Å². The largest absolute Gasteiger partial charge is 0.318 e. The standard InChI is InChI=1S/C15H10BrN3O2S/c16-12-3-1-2-4-13(12)19-15(21)14(20)18-10-5-7-11(8-6-10)22-9-17/h1-8H,(H,18,20)(H,19,21). The smallest absolute Gasteiger partial charge is 0.314 e. The van der Waals surface area contributed by atoms with E-state index in [2.05, 4.69) is 26.6 Å². The number of hydrogen-bond donors (Lipinski definition) is 2. The Morgan fingerprint density at radius 3 is 2.27 bits per heavy atom. The van der Waals surface area contributed by atoms with Crippen LogP contribution < -0.4 is 10.6 Å². The van der Waals surface area contributed by atoms with Crippen LogP contribution in [-0.4, -0.2) is 11.8 Å². The SMILES string of the molecule is N#CSc1ccc(NC(=O)C(=O)Nc2ccccc2Br)cc1. The highest BCUT2D eigenvalue weighted by Gasteiger charge is 2.15. The zero-order chi connectivity index (χ0) is 15.9. The summed E-state index contributed by atoms with van der Waals surface area (Å²) in [6.45, 7) is 0. The van der Waals surface area contributed by atoms with Crippen LogP contribution in [0.15, 0.2) is 57.9 Å². The molecule has 0 aromatic heterocycles. The summed E-state index contributed by atoms with van der Waals surface area (Å²) in [5.41, 5.74) is 0.998. The zero-order valence-corrected chi connectivity index (χ0v) is 13.6. The van der Waals surface area contributed by atoms with Gasteiger partial charge in [-0.1, -0.05) is 12.1 Å². The first-order valence-electron chi connectivity index (χ1n) is 6.13. The monoisotopic (exact) mass is 375 g/mol. The maximum atomic E-state index is 11.8. The van der Waals surface area contributed by atoms with Crippen LogP contribution in [0, 0.1) is 10.7 Å². The van der Waals surface area contributed by atoms with Gasteiger partial charge in [0.05, 0.1) is 5.69 Å². The van der Waals surface area contributed by atoms with Crippen molar-refractivity contribution >= 4 is 50.9 Å². The summed E-state index contributed by atoms with van der Waals surface area (Å²) in [4.78, 5) is 24.5. The number of carbonyl (C=O) groups is 2. The second kappa shape index (κ2) is 7.64. The van der Waals surface area contributed by atoms with Crippen molar-refractivity contribution in [1.29, 1.82) is 5.26 Å². The first-order chi connectivity index (χ1) is 10.6. The second-order valence-electron chi connectivity index (χ2n) is 4.11. The van der Waals surface area contributed by atoms with Gasteiger partial charge in [-0.05, 0) is 64.1 Å². The Balaban J connectivity index is 1.98. The number of hydrogen-bond acceptors (Lipinski definition) is 4. The first-order valence-corrected chi connectivity index (χ1v) is 7.74. The molecule has 2 N–H and O–H groups in total. The van der Waals surface area contributed by atoms with E-state index in [-0.39, 0.29) is 0 Å². The molecule has 0 aliphatic rings. The molecule has 0 bridgehead atoms. The number of halogens is 1. The van der Waals surface area contributed by atoms with Crippen molar-refractivity contribution in [3.05, 3.63) is 53.0 Å². The Labute approximate surface area is 139 Å². The molecule has 0 saturated heterocycles. The summed E-state index contributed by atoms with van der Waals surface area (Å²) in [6, 6.07) is 13.6.